The first-order valence-electron chi connectivity index (χ1n) is 7.30. The van der Waals surface area contributed by atoms with Gasteiger partial charge < -0.3 is 4.74 Å². The monoisotopic (exact) mass is 351 g/mol. The van der Waals surface area contributed by atoms with Gasteiger partial charge in [-0.3, -0.25) is 19.7 Å². The SMILES string of the molecule is CC(C)(C)OC(=O)CN1C[C@H](N(O)C(=O)C(F)(F)F)CC[C@H]1C#N. The maximum absolute atomic E-state index is 12.4. The molecule has 2 atom stereocenters. The number of halogens is 3. The first-order chi connectivity index (χ1) is 10.8. The number of carbonyl (C=O) groups excluding carboxylic acids is 2. The predicted molar refractivity (Wildman–Crippen MR) is 74.5 cm³/mol. The number of ether oxygens (including phenoxy) is 1. The fourth-order valence-corrected chi connectivity index (χ4v) is 2.38. The van der Waals surface area contributed by atoms with Gasteiger partial charge in [-0.1, -0.05) is 0 Å². The third-order valence-electron chi connectivity index (χ3n) is 3.36. The molecule has 1 rings (SSSR count). The molecule has 1 amide bonds. The van der Waals surface area contributed by atoms with Crippen molar-refractivity contribution in [1.82, 2.24) is 9.96 Å². The third-order valence-corrected chi connectivity index (χ3v) is 3.36. The van der Waals surface area contributed by atoms with Crippen LogP contribution in [0.15, 0.2) is 0 Å². The molecule has 1 fully saturated rings. The number of amides is 1. The normalized spacial score (nSPS) is 22.6. The summed E-state index contributed by atoms with van der Waals surface area (Å²) in [5.41, 5.74) is -0.746. The second-order valence-electron chi connectivity index (χ2n) is 6.54. The number of nitrogens with zero attached hydrogens (tertiary/aromatic N) is 3. The highest BCUT2D eigenvalue weighted by atomic mass is 19.4. The van der Waals surface area contributed by atoms with Crippen molar-refractivity contribution >= 4 is 11.9 Å². The number of rotatable bonds is 3. The second kappa shape index (κ2) is 7.36. The summed E-state index contributed by atoms with van der Waals surface area (Å²) in [5, 5.41) is 18.3. The Bertz CT molecular complexity index is 525. The first kappa shape index (κ1) is 20.2. The zero-order valence-electron chi connectivity index (χ0n) is 13.6. The van der Waals surface area contributed by atoms with Crippen LogP contribution < -0.4 is 0 Å². The van der Waals surface area contributed by atoms with E-state index in [0.29, 0.717) is 0 Å². The van der Waals surface area contributed by atoms with Crippen molar-refractivity contribution in [2.75, 3.05) is 13.1 Å². The number of hydroxylamine groups is 2. The molecule has 0 aromatic rings. The van der Waals surface area contributed by atoms with Crippen molar-refractivity contribution in [3.8, 4) is 6.07 Å². The molecule has 7 nitrogen and oxygen atoms in total. The number of esters is 1. The Morgan fingerprint density at radius 3 is 2.38 bits per heavy atom. The minimum absolute atomic E-state index is 0.0152. The Morgan fingerprint density at radius 2 is 1.92 bits per heavy atom. The summed E-state index contributed by atoms with van der Waals surface area (Å²) in [4.78, 5) is 24.3. The number of hydrogen-bond acceptors (Lipinski definition) is 6. The van der Waals surface area contributed by atoms with Gasteiger partial charge in [-0.25, -0.2) is 5.06 Å². The van der Waals surface area contributed by atoms with Crippen LogP contribution in [0.1, 0.15) is 33.6 Å². The Hall–Kier alpha value is -1.86. The van der Waals surface area contributed by atoms with Gasteiger partial charge in [0.25, 0.3) is 0 Å². The molecule has 136 valence electrons. The highest BCUT2D eigenvalue weighted by Gasteiger charge is 2.46. The minimum Gasteiger partial charge on any atom is -0.459 e. The van der Waals surface area contributed by atoms with Crippen LogP contribution in [0.5, 0.6) is 0 Å². The van der Waals surface area contributed by atoms with Crippen molar-refractivity contribution in [2.45, 2.75) is 57.5 Å². The van der Waals surface area contributed by atoms with Gasteiger partial charge in [0.05, 0.1) is 24.7 Å². The highest BCUT2D eigenvalue weighted by molar-refractivity contribution is 5.81. The molecule has 0 spiro atoms. The number of carbonyl (C=O) groups is 2. The van der Waals surface area contributed by atoms with Crippen LogP contribution in [-0.4, -0.2) is 64.0 Å². The highest BCUT2D eigenvalue weighted by Crippen LogP contribution is 2.25. The van der Waals surface area contributed by atoms with Gasteiger partial charge in [-0.15, -0.1) is 0 Å². The number of nitriles is 1. The van der Waals surface area contributed by atoms with Gasteiger partial charge in [0.15, 0.2) is 0 Å². The lowest BCUT2D eigenvalue weighted by Crippen LogP contribution is -2.55. The van der Waals surface area contributed by atoms with Crippen LogP contribution in [0, 0.1) is 11.3 Å². The smallest absolute Gasteiger partial charge is 0.459 e. The van der Waals surface area contributed by atoms with Crippen LogP contribution in [0.3, 0.4) is 0 Å². The number of likely N-dealkylation sites (tertiary alicyclic amines) is 1. The van der Waals surface area contributed by atoms with Crippen LogP contribution in [-0.2, 0) is 14.3 Å². The lowest BCUT2D eigenvalue weighted by molar-refractivity contribution is -0.227. The van der Waals surface area contributed by atoms with Gasteiger partial charge in [-0.05, 0) is 33.6 Å². The fourth-order valence-electron chi connectivity index (χ4n) is 2.38. The molecule has 1 saturated heterocycles. The maximum Gasteiger partial charge on any atom is 0.473 e. The van der Waals surface area contributed by atoms with Gasteiger partial charge in [0.2, 0.25) is 0 Å². The van der Waals surface area contributed by atoms with Crippen LogP contribution in [0.25, 0.3) is 0 Å². The summed E-state index contributed by atoms with van der Waals surface area (Å²) < 4.78 is 42.3. The van der Waals surface area contributed by atoms with Gasteiger partial charge in [0, 0.05) is 6.54 Å². The standard InChI is InChI=1S/C14H20F3N3O4/c1-13(2,3)24-11(21)8-19-7-10(5-4-9(19)6-18)20(23)12(22)14(15,16)17/h9-10,23H,4-5,7-8H2,1-3H3/t9-,10+/m0/s1. The molecular weight excluding hydrogens is 331 g/mol. The number of alkyl halides is 3. The zero-order valence-corrected chi connectivity index (χ0v) is 13.6. The van der Waals surface area contributed by atoms with Crippen molar-refractivity contribution in [3.63, 3.8) is 0 Å². The van der Waals surface area contributed by atoms with Crippen LogP contribution in [0.4, 0.5) is 13.2 Å². The molecule has 0 bridgehead atoms. The topological polar surface area (TPSA) is 93.9 Å². The maximum atomic E-state index is 12.4. The van der Waals surface area contributed by atoms with E-state index in [4.69, 9.17) is 10.00 Å². The van der Waals surface area contributed by atoms with E-state index < -0.39 is 35.7 Å². The van der Waals surface area contributed by atoms with Gasteiger partial charge >= 0.3 is 18.1 Å². The number of piperidine rings is 1. The van der Waals surface area contributed by atoms with Crippen molar-refractivity contribution in [3.05, 3.63) is 0 Å². The molecule has 0 aliphatic carbocycles. The molecular formula is C14H20F3N3O4. The fraction of sp³-hybridized carbons (Fsp3) is 0.786. The summed E-state index contributed by atoms with van der Waals surface area (Å²) in [6, 6.07) is 0.0856. The Balaban J connectivity index is 2.78. The summed E-state index contributed by atoms with van der Waals surface area (Å²) in [5.74, 6) is -3.02. The van der Waals surface area contributed by atoms with E-state index in [2.05, 4.69) is 0 Å². The minimum atomic E-state index is -5.20. The number of hydrogen-bond donors (Lipinski definition) is 1. The molecule has 1 aliphatic heterocycles. The summed E-state index contributed by atoms with van der Waals surface area (Å²) in [7, 11) is 0. The summed E-state index contributed by atoms with van der Waals surface area (Å²) in [6.07, 6.45) is -5.07. The third kappa shape index (κ3) is 5.65. The quantitative estimate of drug-likeness (QED) is 0.470. The zero-order chi connectivity index (χ0) is 18.7. The molecule has 1 N–H and O–H groups in total. The van der Waals surface area contributed by atoms with E-state index >= 15 is 0 Å². The van der Waals surface area contributed by atoms with E-state index in [1.807, 2.05) is 6.07 Å². The average Bonchev–Trinajstić information content (AvgIpc) is 2.42. The Morgan fingerprint density at radius 1 is 1.33 bits per heavy atom. The molecule has 1 aliphatic rings. The molecule has 0 unspecified atom stereocenters. The molecule has 0 saturated carbocycles. The molecule has 24 heavy (non-hydrogen) atoms. The van der Waals surface area contributed by atoms with Crippen molar-refractivity contribution < 1.29 is 32.7 Å². The largest absolute Gasteiger partial charge is 0.473 e. The van der Waals surface area contributed by atoms with E-state index in [0.717, 1.165) is 0 Å². The molecule has 1 heterocycles. The van der Waals surface area contributed by atoms with Gasteiger partial charge in [-0.2, -0.15) is 18.4 Å². The molecule has 0 aromatic carbocycles. The van der Waals surface area contributed by atoms with E-state index in [1.165, 1.54) is 4.90 Å². The summed E-state index contributed by atoms with van der Waals surface area (Å²) in [6.45, 7) is 4.41. The van der Waals surface area contributed by atoms with E-state index in [1.54, 1.807) is 20.8 Å². The molecule has 0 radical (unpaired) electrons. The van der Waals surface area contributed by atoms with Crippen molar-refractivity contribution in [2.24, 2.45) is 0 Å². The van der Waals surface area contributed by atoms with E-state index in [9.17, 15) is 28.0 Å². The Kier molecular flexibility index (Phi) is 6.19. The average molecular weight is 351 g/mol. The molecule has 0 aromatic heterocycles. The van der Waals surface area contributed by atoms with Crippen LogP contribution >= 0.6 is 0 Å². The van der Waals surface area contributed by atoms with Crippen LogP contribution in [0.2, 0.25) is 0 Å². The first-order valence-corrected chi connectivity index (χ1v) is 7.30. The second-order valence-corrected chi connectivity index (χ2v) is 6.54. The lowest BCUT2D eigenvalue weighted by atomic mass is 9.98. The lowest BCUT2D eigenvalue weighted by Gasteiger charge is -2.38. The molecule has 10 heteroatoms. The predicted octanol–water partition coefficient (Wildman–Crippen LogP) is 1.46. The van der Waals surface area contributed by atoms with Gasteiger partial charge in [0.1, 0.15) is 5.60 Å². The summed E-state index contributed by atoms with van der Waals surface area (Å²) >= 11 is 0. The Labute approximate surface area is 137 Å². The van der Waals surface area contributed by atoms with Crippen molar-refractivity contribution in [1.29, 1.82) is 5.26 Å². The van der Waals surface area contributed by atoms with E-state index in [-0.39, 0.29) is 31.0 Å².